The number of aliphatic hydroxyl groups excluding tert-OH is 1. The normalized spacial score (nSPS) is 25.6. The first kappa shape index (κ1) is 20.9. The van der Waals surface area contributed by atoms with Crippen LogP contribution in [0.5, 0.6) is 0 Å². The molecule has 1 aliphatic heterocycles. The number of benzene rings is 1. The maximum Gasteiger partial charge on any atom is 0.286 e. The number of aliphatic hydroxyl groups is 1. The van der Waals surface area contributed by atoms with Crippen molar-refractivity contribution in [2.24, 2.45) is 5.92 Å². The number of rotatable bonds is 8. The van der Waals surface area contributed by atoms with E-state index in [0.29, 0.717) is 18.8 Å². The van der Waals surface area contributed by atoms with Crippen LogP contribution in [0.4, 0.5) is 0 Å². The van der Waals surface area contributed by atoms with Crippen molar-refractivity contribution in [1.82, 2.24) is 5.32 Å². The number of amides is 1. The Morgan fingerprint density at radius 2 is 1.96 bits per heavy atom. The molecule has 154 valence electrons. The number of ether oxygens (including phenoxy) is 2. The lowest BCUT2D eigenvalue weighted by Gasteiger charge is -2.37. The molecule has 1 amide bonds. The van der Waals surface area contributed by atoms with Crippen LogP contribution in [0.1, 0.15) is 63.4 Å². The van der Waals surface area contributed by atoms with Crippen LogP contribution in [-0.4, -0.2) is 36.6 Å². The molecule has 1 heterocycles. The zero-order valence-corrected chi connectivity index (χ0v) is 16.8. The standard InChI is InChI=1S/C23H33NO4/c1-2-27-23-19(14-9-15-25)20(17-10-5-3-6-11-17)16-21(28-23)22(26)24-18-12-7-4-8-13-18/h3,5-6,10-11,16,18-20,23,25H,2,4,7-9,12-15H2,1H3,(H,24,26)/t19-,20-,23-/m1/s1. The summed E-state index contributed by atoms with van der Waals surface area (Å²) < 4.78 is 11.9. The van der Waals surface area contributed by atoms with E-state index in [1.54, 1.807) is 0 Å². The predicted molar refractivity (Wildman–Crippen MR) is 109 cm³/mol. The number of carbonyl (C=O) groups is 1. The third kappa shape index (κ3) is 5.36. The van der Waals surface area contributed by atoms with Gasteiger partial charge in [0.05, 0.1) is 0 Å². The molecular weight excluding hydrogens is 354 g/mol. The molecule has 1 aromatic rings. The smallest absolute Gasteiger partial charge is 0.286 e. The second-order valence-electron chi connectivity index (χ2n) is 7.75. The zero-order chi connectivity index (χ0) is 19.8. The first-order valence-electron chi connectivity index (χ1n) is 10.7. The Kier molecular flexibility index (Phi) is 7.92. The molecule has 0 aromatic heterocycles. The fourth-order valence-electron chi connectivity index (χ4n) is 4.32. The van der Waals surface area contributed by atoms with E-state index in [0.717, 1.165) is 24.8 Å². The number of nitrogens with one attached hydrogen (secondary N) is 1. The third-order valence-corrected chi connectivity index (χ3v) is 5.76. The monoisotopic (exact) mass is 387 g/mol. The maximum atomic E-state index is 12.9. The molecule has 3 atom stereocenters. The number of hydrogen-bond donors (Lipinski definition) is 2. The molecular formula is C23H33NO4. The van der Waals surface area contributed by atoms with Crippen molar-refractivity contribution in [1.29, 1.82) is 0 Å². The molecule has 0 unspecified atom stereocenters. The van der Waals surface area contributed by atoms with Gasteiger partial charge in [0.1, 0.15) is 0 Å². The molecule has 3 rings (SSSR count). The van der Waals surface area contributed by atoms with Gasteiger partial charge in [-0.05, 0) is 44.2 Å². The Hall–Kier alpha value is -1.85. The van der Waals surface area contributed by atoms with Crippen LogP contribution in [0.15, 0.2) is 42.2 Å². The van der Waals surface area contributed by atoms with E-state index in [9.17, 15) is 9.90 Å². The quantitative estimate of drug-likeness (QED) is 0.710. The van der Waals surface area contributed by atoms with Crippen LogP contribution in [0, 0.1) is 5.92 Å². The molecule has 1 aromatic carbocycles. The Bertz CT molecular complexity index is 639. The van der Waals surface area contributed by atoms with Crippen LogP contribution in [0.3, 0.4) is 0 Å². The van der Waals surface area contributed by atoms with Gasteiger partial charge in [-0.3, -0.25) is 4.79 Å². The molecule has 0 saturated heterocycles. The summed E-state index contributed by atoms with van der Waals surface area (Å²) in [5.41, 5.74) is 1.14. The van der Waals surface area contributed by atoms with Crippen LogP contribution >= 0.6 is 0 Å². The molecule has 28 heavy (non-hydrogen) atoms. The Balaban J connectivity index is 1.83. The summed E-state index contributed by atoms with van der Waals surface area (Å²) in [6.45, 7) is 2.58. The first-order chi connectivity index (χ1) is 13.7. The van der Waals surface area contributed by atoms with Gasteiger partial charge in [0.15, 0.2) is 5.76 Å². The Morgan fingerprint density at radius 3 is 2.64 bits per heavy atom. The fraction of sp³-hybridized carbons (Fsp3) is 0.609. The van der Waals surface area contributed by atoms with Gasteiger partial charge in [0.25, 0.3) is 5.91 Å². The van der Waals surface area contributed by atoms with Crippen molar-refractivity contribution >= 4 is 5.91 Å². The summed E-state index contributed by atoms with van der Waals surface area (Å²) in [6.07, 6.45) is 8.58. The third-order valence-electron chi connectivity index (χ3n) is 5.76. The van der Waals surface area contributed by atoms with Gasteiger partial charge in [-0.25, -0.2) is 0 Å². The molecule has 2 N–H and O–H groups in total. The fourth-order valence-corrected chi connectivity index (χ4v) is 4.32. The summed E-state index contributed by atoms with van der Waals surface area (Å²) in [5, 5.41) is 12.5. The highest BCUT2D eigenvalue weighted by atomic mass is 16.7. The topological polar surface area (TPSA) is 67.8 Å². The molecule has 1 aliphatic carbocycles. The van der Waals surface area contributed by atoms with Crippen LogP contribution in [0.25, 0.3) is 0 Å². The van der Waals surface area contributed by atoms with E-state index in [-0.39, 0.29) is 30.4 Å². The molecule has 0 bridgehead atoms. The highest BCUT2D eigenvalue weighted by Gasteiger charge is 2.38. The summed E-state index contributed by atoms with van der Waals surface area (Å²) in [6, 6.07) is 10.4. The highest BCUT2D eigenvalue weighted by Crippen LogP contribution is 2.39. The largest absolute Gasteiger partial charge is 0.459 e. The lowest BCUT2D eigenvalue weighted by molar-refractivity contribution is -0.166. The van der Waals surface area contributed by atoms with Crippen molar-refractivity contribution < 1.29 is 19.4 Å². The SMILES string of the molecule is CCO[C@@H]1OC(C(=O)NC2CCCCC2)=C[C@H](c2ccccc2)[C@H]1CCCO. The first-order valence-corrected chi connectivity index (χ1v) is 10.7. The molecule has 0 spiro atoms. The summed E-state index contributed by atoms with van der Waals surface area (Å²) in [7, 11) is 0. The van der Waals surface area contributed by atoms with Gasteiger partial charge >= 0.3 is 0 Å². The molecule has 2 aliphatic rings. The van der Waals surface area contributed by atoms with E-state index < -0.39 is 6.29 Å². The van der Waals surface area contributed by atoms with E-state index in [2.05, 4.69) is 17.4 Å². The lowest BCUT2D eigenvalue weighted by atomic mass is 9.80. The predicted octanol–water partition coefficient (Wildman–Crippen LogP) is 3.88. The van der Waals surface area contributed by atoms with Crippen LogP contribution in [0.2, 0.25) is 0 Å². The van der Waals surface area contributed by atoms with E-state index in [1.165, 1.54) is 19.3 Å². The van der Waals surface area contributed by atoms with Crippen molar-refractivity contribution in [2.45, 2.75) is 70.1 Å². The number of allylic oxidation sites excluding steroid dienone is 1. The highest BCUT2D eigenvalue weighted by molar-refractivity contribution is 5.92. The number of carbonyl (C=O) groups excluding carboxylic acids is 1. The van der Waals surface area contributed by atoms with Gasteiger partial charge in [-0.1, -0.05) is 49.6 Å². The van der Waals surface area contributed by atoms with Crippen molar-refractivity contribution in [3.8, 4) is 0 Å². The van der Waals surface area contributed by atoms with Gasteiger partial charge < -0.3 is 19.9 Å². The van der Waals surface area contributed by atoms with Crippen molar-refractivity contribution in [2.75, 3.05) is 13.2 Å². The molecule has 0 radical (unpaired) electrons. The summed E-state index contributed by atoms with van der Waals surface area (Å²) >= 11 is 0. The summed E-state index contributed by atoms with van der Waals surface area (Å²) in [4.78, 5) is 12.9. The van der Waals surface area contributed by atoms with Gasteiger partial charge in [-0.15, -0.1) is 0 Å². The van der Waals surface area contributed by atoms with E-state index >= 15 is 0 Å². The van der Waals surface area contributed by atoms with Crippen molar-refractivity contribution in [3.05, 3.63) is 47.7 Å². The van der Waals surface area contributed by atoms with Crippen LogP contribution in [-0.2, 0) is 14.3 Å². The average molecular weight is 388 g/mol. The Morgan fingerprint density at radius 1 is 1.21 bits per heavy atom. The molecule has 1 fully saturated rings. The molecule has 5 heteroatoms. The Labute approximate surface area is 168 Å². The average Bonchev–Trinajstić information content (AvgIpc) is 2.74. The minimum Gasteiger partial charge on any atom is -0.459 e. The van der Waals surface area contributed by atoms with Gasteiger partial charge in [-0.2, -0.15) is 0 Å². The second kappa shape index (κ2) is 10.6. The number of hydrogen-bond acceptors (Lipinski definition) is 4. The van der Waals surface area contributed by atoms with E-state index in [1.807, 2.05) is 31.2 Å². The second-order valence-corrected chi connectivity index (χ2v) is 7.75. The van der Waals surface area contributed by atoms with Gasteiger partial charge in [0.2, 0.25) is 6.29 Å². The molecule has 1 saturated carbocycles. The zero-order valence-electron chi connectivity index (χ0n) is 16.8. The lowest BCUT2D eigenvalue weighted by Crippen LogP contribution is -2.42. The minimum absolute atomic E-state index is 0.0187. The maximum absolute atomic E-state index is 12.9. The minimum atomic E-state index is -0.487. The summed E-state index contributed by atoms with van der Waals surface area (Å²) in [5.74, 6) is 0.294. The van der Waals surface area contributed by atoms with E-state index in [4.69, 9.17) is 9.47 Å². The van der Waals surface area contributed by atoms with Gasteiger partial charge in [0, 0.05) is 31.1 Å². The van der Waals surface area contributed by atoms with Crippen LogP contribution < -0.4 is 5.32 Å². The molecule has 5 nitrogen and oxygen atoms in total. The van der Waals surface area contributed by atoms with Crippen molar-refractivity contribution in [3.63, 3.8) is 0 Å².